The van der Waals surface area contributed by atoms with Crippen molar-refractivity contribution in [2.24, 2.45) is 0 Å². The Morgan fingerprint density at radius 2 is 1.48 bits per heavy atom. The SMILES string of the molecule is COc1ccc(OC)c2c1[C@H]1C(=C(C)C)[C@@H]2[C@]2(Cl)[C@]1(Cl)C(Cl)=C(Cl)S2(=O)=O. The van der Waals surface area contributed by atoms with Crippen molar-refractivity contribution in [2.45, 2.75) is 34.8 Å². The Morgan fingerprint density at radius 1 is 1.00 bits per heavy atom. The Kier molecular flexibility index (Phi) is 4.18. The normalized spacial score (nSPS) is 35.3. The van der Waals surface area contributed by atoms with Gasteiger partial charge in [0.25, 0.3) is 0 Å². The van der Waals surface area contributed by atoms with Crippen molar-refractivity contribution >= 4 is 56.2 Å². The Bertz CT molecular complexity index is 1060. The van der Waals surface area contributed by atoms with Gasteiger partial charge in [-0.2, -0.15) is 0 Å². The summed E-state index contributed by atoms with van der Waals surface area (Å²) in [6.07, 6.45) is 0. The lowest BCUT2D eigenvalue weighted by Crippen LogP contribution is -2.50. The minimum atomic E-state index is -4.18. The van der Waals surface area contributed by atoms with Crippen molar-refractivity contribution in [3.05, 3.63) is 43.8 Å². The molecule has 4 atom stereocenters. The molecular weight excluding hydrogens is 454 g/mol. The average Bonchev–Trinajstić information content (AvgIpc) is 3.13. The lowest BCUT2D eigenvalue weighted by atomic mass is 9.81. The molecule has 0 saturated heterocycles. The van der Waals surface area contributed by atoms with Gasteiger partial charge in [-0.1, -0.05) is 45.9 Å². The van der Waals surface area contributed by atoms with Crippen LogP contribution in [0.2, 0.25) is 0 Å². The molecule has 1 fully saturated rings. The number of benzene rings is 1. The molecule has 3 aliphatic rings. The number of alkyl halides is 2. The van der Waals surface area contributed by atoms with Gasteiger partial charge in [0.1, 0.15) is 16.4 Å². The predicted octanol–water partition coefficient (Wildman–Crippen LogP) is 5.22. The Hall–Kier alpha value is -0.590. The van der Waals surface area contributed by atoms with E-state index < -0.39 is 35.1 Å². The van der Waals surface area contributed by atoms with Gasteiger partial charge >= 0.3 is 0 Å². The van der Waals surface area contributed by atoms with Crippen molar-refractivity contribution in [3.63, 3.8) is 0 Å². The third kappa shape index (κ3) is 1.87. The van der Waals surface area contributed by atoms with E-state index in [0.29, 0.717) is 17.1 Å². The minimum Gasteiger partial charge on any atom is -0.496 e. The molecule has 1 aliphatic heterocycles. The number of allylic oxidation sites excluding steroid dienone is 3. The second-order valence-electron chi connectivity index (χ2n) is 7.07. The zero-order valence-electron chi connectivity index (χ0n) is 14.9. The van der Waals surface area contributed by atoms with Gasteiger partial charge in [0.05, 0.1) is 19.3 Å². The Labute approximate surface area is 177 Å². The molecule has 4 nitrogen and oxygen atoms in total. The van der Waals surface area contributed by atoms with Crippen LogP contribution in [0, 0.1) is 0 Å². The predicted molar refractivity (Wildman–Crippen MR) is 108 cm³/mol. The van der Waals surface area contributed by atoms with Gasteiger partial charge < -0.3 is 9.47 Å². The molecule has 0 N–H and O–H groups in total. The molecular formula is C18H16Cl4O4S. The van der Waals surface area contributed by atoms with Gasteiger partial charge in [0, 0.05) is 23.0 Å². The number of fused-ring (bicyclic) bond motifs is 8. The fourth-order valence-electron chi connectivity index (χ4n) is 4.83. The summed E-state index contributed by atoms with van der Waals surface area (Å²) in [7, 11) is -1.12. The highest BCUT2D eigenvalue weighted by Crippen LogP contribution is 2.80. The summed E-state index contributed by atoms with van der Waals surface area (Å²) in [6.45, 7) is 3.79. The van der Waals surface area contributed by atoms with Crippen LogP contribution in [0.25, 0.3) is 0 Å². The smallest absolute Gasteiger partial charge is 0.213 e. The second kappa shape index (κ2) is 5.73. The van der Waals surface area contributed by atoms with Crippen molar-refractivity contribution in [3.8, 4) is 11.5 Å². The molecule has 1 aromatic carbocycles. The molecule has 2 aliphatic carbocycles. The summed E-state index contributed by atoms with van der Waals surface area (Å²) in [6, 6.07) is 3.50. The molecule has 0 spiro atoms. The topological polar surface area (TPSA) is 52.6 Å². The van der Waals surface area contributed by atoms with Crippen molar-refractivity contribution < 1.29 is 17.9 Å². The van der Waals surface area contributed by atoms with E-state index in [1.165, 1.54) is 7.11 Å². The fraction of sp³-hybridized carbons (Fsp3) is 0.444. The third-order valence-corrected chi connectivity index (χ3v) is 11.5. The van der Waals surface area contributed by atoms with Gasteiger partial charge in [-0.3, -0.25) is 0 Å². The molecule has 0 aromatic heterocycles. The van der Waals surface area contributed by atoms with Crippen molar-refractivity contribution in [1.82, 2.24) is 0 Å². The van der Waals surface area contributed by atoms with Crippen LogP contribution in [0.3, 0.4) is 0 Å². The second-order valence-corrected chi connectivity index (χ2v) is 11.5. The van der Waals surface area contributed by atoms with E-state index in [1.807, 2.05) is 13.8 Å². The summed E-state index contributed by atoms with van der Waals surface area (Å²) in [4.78, 5) is -1.63. The van der Waals surface area contributed by atoms with E-state index >= 15 is 0 Å². The number of ether oxygens (including phenoxy) is 2. The zero-order chi connectivity index (χ0) is 20.1. The number of halogens is 4. The quantitative estimate of drug-likeness (QED) is 0.440. The van der Waals surface area contributed by atoms with Gasteiger partial charge in [-0.25, -0.2) is 8.42 Å². The van der Waals surface area contributed by atoms with Crippen LogP contribution in [-0.2, 0) is 9.84 Å². The molecule has 4 rings (SSSR count). The molecule has 1 saturated carbocycles. The van der Waals surface area contributed by atoms with Crippen LogP contribution in [0.5, 0.6) is 11.5 Å². The molecule has 0 unspecified atom stereocenters. The molecule has 0 radical (unpaired) electrons. The summed E-state index contributed by atoms with van der Waals surface area (Å²) < 4.78 is 35.1. The highest BCUT2D eigenvalue weighted by atomic mass is 35.5. The Morgan fingerprint density at radius 3 is 1.93 bits per heavy atom. The first-order valence-corrected chi connectivity index (χ1v) is 11.1. The van der Waals surface area contributed by atoms with Crippen LogP contribution < -0.4 is 9.47 Å². The maximum absolute atomic E-state index is 13.2. The standard InChI is InChI=1S/C18H16Cl4O4S/c1-7(2)10-13-11-8(25-3)5-6-9(26-4)12(11)14(10)18(22)17(13,21)15(19)16(20)27(18,23)24/h5-6,13-14H,1-4H3/t13-,14+,17-,18-/m1/s1. The van der Waals surface area contributed by atoms with Crippen LogP contribution in [0.15, 0.2) is 32.7 Å². The maximum atomic E-state index is 13.2. The van der Waals surface area contributed by atoms with Crippen LogP contribution >= 0.6 is 46.4 Å². The first-order chi connectivity index (χ1) is 12.5. The molecule has 27 heavy (non-hydrogen) atoms. The number of rotatable bonds is 2. The number of hydrogen-bond acceptors (Lipinski definition) is 4. The van der Waals surface area contributed by atoms with Crippen molar-refractivity contribution in [1.29, 1.82) is 0 Å². The Balaban J connectivity index is 2.23. The van der Waals surface area contributed by atoms with Crippen molar-refractivity contribution in [2.75, 3.05) is 14.2 Å². The van der Waals surface area contributed by atoms with Gasteiger partial charge in [-0.15, -0.1) is 11.6 Å². The maximum Gasteiger partial charge on any atom is 0.213 e. The largest absolute Gasteiger partial charge is 0.496 e. The summed E-state index contributed by atoms with van der Waals surface area (Å²) in [5, 5.41) is -0.150. The van der Waals surface area contributed by atoms with Gasteiger partial charge in [-0.05, 0) is 26.0 Å². The zero-order valence-corrected chi connectivity index (χ0v) is 18.7. The molecule has 1 aromatic rings. The number of sulfone groups is 1. The first-order valence-electron chi connectivity index (χ1n) is 8.11. The van der Waals surface area contributed by atoms with E-state index in [1.54, 1.807) is 19.2 Å². The van der Waals surface area contributed by atoms with Crippen LogP contribution in [0.1, 0.15) is 36.8 Å². The fourth-order valence-corrected chi connectivity index (χ4v) is 9.45. The molecule has 1 heterocycles. The van der Waals surface area contributed by atoms with E-state index in [-0.39, 0.29) is 5.03 Å². The molecule has 2 bridgehead atoms. The van der Waals surface area contributed by atoms with Gasteiger partial charge in [0.2, 0.25) is 9.84 Å². The van der Waals surface area contributed by atoms with E-state index in [4.69, 9.17) is 55.9 Å². The van der Waals surface area contributed by atoms with Gasteiger partial charge in [0.15, 0.2) is 8.57 Å². The highest BCUT2D eigenvalue weighted by molar-refractivity contribution is 8.00. The first kappa shape index (κ1) is 19.7. The third-order valence-electron chi connectivity index (χ3n) is 5.81. The van der Waals surface area contributed by atoms with E-state index in [9.17, 15) is 8.42 Å². The molecule has 146 valence electrons. The van der Waals surface area contributed by atoms with Crippen LogP contribution in [0.4, 0.5) is 0 Å². The number of methoxy groups -OCH3 is 2. The monoisotopic (exact) mass is 468 g/mol. The summed E-state index contributed by atoms with van der Waals surface area (Å²) >= 11 is 26.5. The number of hydrogen-bond donors (Lipinski definition) is 0. The lowest BCUT2D eigenvalue weighted by Gasteiger charge is -2.40. The average molecular weight is 470 g/mol. The van der Waals surface area contributed by atoms with E-state index in [2.05, 4.69) is 0 Å². The highest BCUT2D eigenvalue weighted by Gasteiger charge is 2.82. The summed E-state index contributed by atoms with van der Waals surface area (Å²) in [5.41, 5.74) is 3.12. The van der Waals surface area contributed by atoms with E-state index in [0.717, 1.165) is 16.7 Å². The molecule has 0 amide bonds. The molecule has 9 heteroatoms. The summed E-state index contributed by atoms with van der Waals surface area (Å²) in [5.74, 6) is -0.280. The minimum absolute atomic E-state index is 0.150. The lowest BCUT2D eigenvalue weighted by molar-refractivity contribution is 0.385. The van der Waals surface area contributed by atoms with Crippen LogP contribution in [-0.4, -0.2) is 31.7 Å².